The van der Waals surface area contributed by atoms with Gasteiger partial charge >= 0.3 is 0 Å². The van der Waals surface area contributed by atoms with Crippen molar-refractivity contribution in [2.75, 3.05) is 5.75 Å². The van der Waals surface area contributed by atoms with E-state index in [4.69, 9.17) is 11.7 Å². The zero-order valence-electron chi connectivity index (χ0n) is 7.16. The van der Waals surface area contributed by atoms with Gasteiger partial charge in [-0.15, -0.1) is 18.2 Å². The molecular formula is C11H9NS. The molecule has 0 aliphatic carbocycles. The predicted molar refractivity (Wildman–Crippen MR) is 55.3 cm³/mol. The molecule has 13 heavy (non-hydrogen) atoms. The minimum Gasteiger partial charge on any atom is -0.198 e. The Bertz CT molecular complexity index is 340. The van der Waals surface area contributed by atoms with Crippen LogP contribution in [0.25, 0.3) is 0 Å². The van der Waals surface area contributed by atoms with E-state index in [2.05, 4.69) is 12.0 Å². The van der Waals surface area contributed by atoms with E-state index in [0.717, 1.165) is 16.2 Å². The van der Waals surface area contributed by atoms with Crippen LogP contribution in [0.3, 0.4) is 0 Å². The Labute approximate surface area is 82.8 Å². The van der Waals surface area contributed by atoms with Crippen LogP contribution >= 0.6 is 11.8 Å². The zero-order chi connectivity index (χ0) is 9.52. The highest BCUT2D eigenvalue weighted by molar-refractivity contribution is 7.99. The van der Waals surface area contributed by atoms with Gasteiger partial charge in [0.2, 0.25) is 0 Å². The predicted octanol–water partition coefficient (Wildman–Crippen LogP) is 2.67. The number of thioether (sulfide) groups is 1. The molecule has 1 rings (SSSR count). The fraction of sp³-hybridized carbons (Fsp3) is 0.182. The molecule has 1 aromatic rings. The number of hydrogen-bond donors (Lipinski definition) is 0. The van der Waals surface area contributed by atoms with Gasteiger partial charge in [-0.1, -0.05) is 5.92 Å². The van der Waals surface area contributed by atoms with Crippen molar-refractivity contribution < 1.29 is 0 Å². The van der Waals surface area contributed by atoms with Crippen LogP contribution < -0.4 is 0 Å². The van der Waals surface area contributed by atoms with E-state index in [1.165, 1.54) is 0 Å². The molecule has 0 spiro atoms. The summed E-state index contributed by atoms with van der Waals surface area (Å²) < 4.78 is 0. The fourth-order valence-electron chi connectivity index (χ4n) is 0.862. The van der Waals surface area contributed by atoms with Crippen LogP contribution in [0.1, 0.15) is 12.0 Å². The minimum atomic E-state index is 0.585. The molecule has 0 bridgehead atoms. The normalized spacial score (nSPS) is 8.77. The highest BCUT2D eigenvalue weighted by Crippen LogP contribution is 2.18. The van der Waals surface area contributed by atoms with Gasteiger partial charge in [0.05, 0.1) is 6.07 Å². The average Bonchev–Trinajstić information content (AvgIpc) is 2.19. The van der Waals surface area contributed by atoms with Crippen molar-refractivity contribution >= 4 is 11.8 Å². The number of terminal acetylenes is 1. The maximum atomic E-state index is 8.34. The zero-order valence-corrected chi connectivity index (χ0v) is 7.97. The summed E-state index contributed by atoms with van der Waals surface area (Å²) in [7, 11) is 0. The SMILES string of the molecule is C#Cc1ccc(SCCC#N)cc1. The number of nitriles is 1. The molecule has 64 valence electrons. The van der Waals surface area contributed by atoms with Gasteiger partial charge in [0.1, 0.15) is 0 Å². The molecule has 0 heterocycles. The lowest BCUT2D eigenvalue weighted by atomic mass is 10.2. The van der Waals surface area contributed by atoms with Gasteiger partial charge in [0.25, 0.3) is 0 Å². The van der Waals surface area contributed by atoms with E-state index in [1.54, 1.807) is 11.8 Å². The lowest BCUT2D eigenvalue weighted by Crippen LogP contribution is -1.78. The second-order valence-corrected chi connectivity index (χ2v) is 3.59. The van der Waals surface area contributed by atoms with E-state index < -0.39 is 0 Å². The van der Waals surface area contributed by atoms with E-state index in [-0.39, 0.29) is 0 Å². The topological polar surface area (TPSA) is 23.8 Å². The Morgan fingerprint density at radius 2 is 2.00 bits per heavy atom. The third-order valence-electron chi connectivity index (χ3n) is 1.50. The van der Waals surface area contributed by atoms with Crippen molar-refractivity contribution in [1.29, 1.82) is 5.26 Å². The molecule has 0 amide bonds. The number of nitrogens with zero attached hydrogens (tertiary/aromatic N) is 1. The largest absolute Gasteiger partial charge is 0.198 e. The summed E-state index contributed by atoms with van der Waals surface area (Å²) in [5.41, 5.74) is 0.893. The molecule has 0 unspecified atom stereocenters. The second-order valence-electron chi connectivity index (χ2n) is 2.43. The fourth-order valence-corrected chi connectivity index (χ4v) is 1.62. The highest BCUT2D eigenvalue weighted by Gasteiger charge is 1.92. The Kier molecular flexibility index (Phi) is 3.96. The van der Waals surface area contributed by atoms with Crippen LogP contribution in [0.4, 0.5) is 0 Å². The van der Waals surface area contributed by atoms with Crippen molar-refractivity contribution in [1.82, 2.24) is 0 Å². The molecule has 0 saturated heterocycles. The Hall–Kier alpha value is -1.38. The van der Waals surface area contributed by atoms with Crippen molar-refractivity contribution in [3.05, 3.63) is 29.8 Å². The second kappa shape index (κ2) is 5.30. The Morgan fingerprint density at radius 3 is 2.54 bits per heavy atom. The molecular weight excluding hydrogens is 178 g/mol. The van der Waals surface area contributed by atoms with Gasteiger partial charge in [0.15, 0.2) is 0 Å². The molecule has 0 aromatic heterocycles. The first-order valence-electron chi connectivity index (χ1n) is 3.93. The molecule has 0 aliphatic heterocycles. The standard InChI is InChI=1S/C11H9NS/c1-2-10-4-6-11(7-5-10)13-9-3-8-12/h1,4-7H,3,9H2. The minimum absolute atomic E-state index is 0.585. The van der Waals surface area contributed by atoms with Crippen LogP contribution in [0.2, 0.25) is 0 Å². The van der Waals surface area contributed by atoms with E-state index >= 15 is 0 Å². The number of rotatable bonds is 3. The van der Waals surface area contributed by atoms with Gasteiger partial charge < -0.3 is 0 Å². The summed E-state index contributed by atoms with van der Waals surface area (Å²) in [6.07, 6.45) is 5.81. The van der Waals surface area contributed by atoms with Crippen LogP contribution in [-0.4, -0.2) is 5.75 Å². The molecule has 2 heteroatoms. The summed E-state index contributed by atoms with van der Waals surface area (Å²) in [6.45, 7) is 0. The lowest BCUT2D eigenvalue weighted by Gasteiger charge is -1.97. The lowest BCUT2D eigenvalue weighted by molar-refractivity contribution is 1.23. The van der Waals surface area contributed by atoms with Gasteiger partial charge in [0, 0.05) is 22.6 Å². The molecule has 0 radical (unpaired) electrons. The average molecular weight is 187 g/mol. The third kappa shape index (κ3) is 3.23. The molecule has 0 aliphatic rings. The first-order chi connectivity index (χ1) is 6.36. The van der Waals surface area contributed by atoms with Crippen molar-refractivity contribution in [2.24, 2.45) is 0 Å². The summed E-state index contributed by atoms with van der Waals surface area (Å²) in [6, 6.07) is 9.90. The molecule has 0 saturated carbocycles. The Morgan fingerprint density at radius 1 is 1.31 bits per heavy atom. The van der Waals surface area contributed by atoms with Crippen LogP contribution in [0.5, 0.6) is 0 Å². The number of hydrogen-bond acceptors (Lipinski definition) is 2. The van der Waals surface area contributed by atoms with E-state index in [9.17, 15) is 0 Å². The highest BCUT2D eigenvalue weighted by atomic mass is 32.2. The monoisotopic (exact) mass is 187 g/mol. The molecule has 0 atom stereocenters. The molecule has 0 N–H and O–H groups in total. The van der Waals surface area contributed by atoms with E-state index in [0.29, 0.717) is 6.42 Å². The summed E-state index contributed by atoms with van der Waals surface area (Å²) in [5, 5.41) is 8.34. The van der Waals surface area contributed by atoms with E-state index in [1.807, 2.05) is 24.3 Å². The smallest absolute Gasteiger partial charge is 0.0630 e. The van der Waals surface area contributed by atoms with Crippen LogP contribution in [0, 0.1) is 23.7 Å². The molecule has 0 fully saturated rings. The quantitative estimate of drug-likeness (QED) is 0.412. The maximum absolute atomic E-state index is 8.34. The van der Waals surface area contributed by atoms with Gasteiger partial charge in [-0.25, -0.2) is 0 Å². The van der Waals surface area contributed by atoms with Crippen LogP contribution in [0.15, 0.2) is 29.2 Å². The van der Waals surface area contributed by atoms with Crippen LogP contribution in [-0.2, 0) is 0 Å². The molecule has 1 nitrogen and oxygen atoms in total. The maximum Gasteiger partial charge on any atom is 0.0630 e. The first-order valence-corrected chi connectivity index (χ1v) is 4.92. The van der Waals surface area contributed by atoms with Crippen molar-refractivity contribution in [3.63, 3.8) is 0 Å². The summed E-state index contributed by atoms with van der Waals surface area (Å²) >= 11 is 1.67. The summed E-state index contributed by atoms with van der Waals surface area (Å²) in [5.74, 6) is 3.40. The molecule has 1 aromatic carbocycles. The van der Waals surface area contributed by atoms with Crippen molar-refractivity contribution in [3.8, 4) is 18.4 Å². The number of benzene rings is 1. The third-order valence-corrected chi connectivity index (χ3v) is 2.52. The Balaban J connectivity index is 2.52. The van der Waals surface area contributed by atoms with Gasteiger partial charge in [-0.05, 0) is 24.3 Å². The van der Waals surface area contributed by atoms with Crippen molar-refractivity contribution in [2.45, 2.75) is 11.3 Å². The summed E-state index contributed by atoms with van der Waals surface area (Å²) in [4.78, 5) is 1.16. The van der Waals surface area contributed by atoms with Gasteiger partial charge in [-0.3, -0.25) is 0 Å². The first kappa shape index (κ1) is 9.71. The van der Waals surface area contributed by atoms with Gasteiger partial charge in [-0.2, -0.15) is 5.26 Å².